The summed E-state index contributed by atoms with van der Waals surface area (Å²) in [7, 11) is 9.34. The summed E-state index contributed by atoms with van der Waals surface area (Å²) in [5.41, 5.74) is 0. The van der Waals surface area contributed by atoms with Crippen molar-refractivity contribution in [3.63, 3.8) is 0 Å². The fraction of sp³-hybridized carbons (Fsp3) is 0. The second kappa shape index (κ2) is 11.6. The van der Waals surface area contributed by atoms with E-state index in [1.54, 1.807) is 18.7 Å². The molecule has 0 aliphatic rings. The number of hydrogen-bond donors (Lipinski definition) is 1. The Morgan fingerprint density at radius 3 is 2.11 bits per heavy atom. The van der Waals surface area contributed by atoms with E-state index in [0.717, 1.165) is 13.1 Å². The van der Waals surface area contributed by atoms with Crippen molar-refractivity contribution in [3.05, 3.63) is 18.7 Å². The van der Waals surface area contributed by atoms with Gasteiger partial charge in [0.05, 0.1) is 6.33 Å². The first-order chi connectivity index (χ1) is 3.91. The monoisotopic (exact) mass is 281 g/mol. The van der Waals surface area contributed by atoms with Gasteiger partial charge in [0.1, 0.15) is 0 Å². The molecule has 0 aliphatic carbocycles. The zero-order valence-corrected chi connectivity index (χ0v) is 8.31. The Kier molecular flexibility index (Phi) is 16.0. The van der Waals surface area contributed by atoms with Crippen LogP contribution in [-0.2, 0) is 13.1 Å². The molecule has 0 aliphatic heterocycles. The molecule has 1 rings (SSSR count). The maximum absolute atomic E-state index is 4.67. The molecule has 0 saturated heterocycles. The van der Waals surface area contributed by atoms with Crippen LogP contribution in [0.5, 0.6) is 0 Å². The molecule has 0 spiro atoms. The van der Waals surface area contributed by atoms with Crippen molar-refractivity contribution in [2.24, 2.45) is 0 Å². The molecule has 1 aromatic rings. The van der Waals surface area contributed by atoms with Crippen molar-refractivity contribution in [3.8, 4) is 0 Å². The fourth-order valence-electron chi connectivity index (χ4n) is 0.215. The van der Waals surface area contributed by atoms with Gasteiger partial charge in [0.15, 0.2) is 0 Å². The van der Waals surface area contributed by atoms with Gasteiger partial charge in [-0.1, -0.05) is 0 Å². The third kappa shape index (κ3) is 12.1. The number of imidazole rings is 1. The Morgan fingerprint density at radius 2 is 2.00 bits per heavy atom. The number of aromatic amines is 1. The zero-order chi connectivity index (χ0) is 6.24. The van der Waals surface area contributed by atoms with Gasteiger partial charge >= 0.3 is 33.3 Å². The second-order valence-electron chi connectivity index (χ2n) is 0.804. The summed E-state index contributed by atoms with van der Waals surface area (Å²) in [6, 6.07) is 0. The van der Waals surface area contributed by atoms with Crippen LogP contribution in [0.15, 0.2) is 18.7 Å². The predicted molar refractivity (Wildman–Crippen MR) is 40.6 cm³/mol. The summed E-state index contributed by atoms with van der Waals surface area (Å²) < 4.78 is 0. The van der Waals surface area contributed by atoms with Gasteiger partial charge in [-0.15, -0.1) is 17.0 Å². The number of aromatic nitrogens is 2. The number of nitrogens with zero attached hydrogens (tertiary/aromatic N) is 1. The fourth-order valence-corrected chi connectivity index (χ4v) is 0.215. The molecule has 59 valence electrons. The number of rotatable bonds is 0. The van der Waals surface area contributed by atoms with Gasteiger partial charge in [-0.2, -0.15) is 0 Å². The van der Waals surface area contributed by atoms with Crippen LogP contribution < -0.4 is 0 Å². The minimum absolute atomic E-state index is 0. The smallest absolute Gasteiger partial charge is 0.0919 e. The van der Waals surface area contributed by atoms with E-state index in [0.29, 0.717) is 0 Å². The maximum atomic E-state index is 4.67. The largest absolute Gasteiger partial charge is 0.351 e. The van der Waals surface area contributed by atoms with Crippen molar-refractivity contribution in [1.82, 2.24) is 9.97 Å². The molecule has 6 heteroatoms. The van der Waals surface area contributed by atoms with Gasteiger partial charge in [-0.25, -0.2) is 4.98 Å². The maximum Gasteiger partial charge on any atom is 0.0919 e. The van der Waals surface area contributed by atoms with Gasteiger partial charge in [0.25, 0.3) is 0 Å². The number of hydrogen-bond acceptors (Lipinski definition) is 1. The van der Waals surface area contributed by atoms with Crippen LogP contribution in [0.1, 0.15) is 0 Å². The summed E-state index contributed by atoms with van der Waals surface area (Å²) in [6.45, 7) is 0. The molecule has 0 unspecified atom stereocenters. The molecule has 9 heavy (non-hydrogen) atoms. The van der Waals surface area contributed by atoms with E-state index >= 15 is 0 Å². The molecular weight excluding hydrogens is 278 g/mol. The van der Waals surface area contributed by atoms with E-state index in [2.05, 4.69) is 30.2 Å². The third-order valence-corrected chi connectivity index (χ3v) is 0.406. The molecular formula is C3H5BrCl2CuN2. The third-order valence-electron chi connectivity index (χ3n) is 0.406. The molecule has 0 radical (unpaired) electrons. The van der Waals surface area contributed by atoms with Gasteiger partial charge in [-0.05, 0) is 0 Å². The van der Waals surface area contributed by atoms with Crippen molar-refractivity contribution >= 4 is 37.2 Å². The van der Waals surface area contributed by atoms with Crippen molar-refractivity contribution in [2.45, 2.75) is 0 Å². The summed E-state index contributed by atoms with van der Waals surface area (Å²) in [6.07, 6.45) is 5.08. The van der Waals surface area contributed by atoms with Crippen LogP contribution in [0.2, 0.25) is 0 Å². The molecule has 0 bridgehead atoms. The predicted octanol–water partition coefficient (Wildman–Crippen LogP) is 2.36. The summed E-state index contributed by atoms with van der Waals surface area (Å²) in [4.78, 5) is 6.42. The molecule has 1 aromatic heterocycles. The molecule has 0 aromatic carbocycles. The molecule has 0 amide bonds. The molecule has 1 N–H and O–H groups in total. The van der Waals surface area contributed by atoms with Crippen LogP contribution in [0.25, 0.3) is 0 Å². The van der Waals surface area contributed by atoms with Crippen molar-refractivity contribution in [1.29, 1.82) is 0 Å². The first kappa shape index (κ1) is 12.5. The first-order valence-electron chi connectivity index (χ1n) is 1.66. The Hall–Kier alpha value is 0.789. The molecule has 2 nitrogen and oxygen atoms in total. The van der Waals surface area contributed by atoms with Crippen molar-refractivity contribution < 1.29 is 13.1 Å². The van der Waals surface area contributed by atoms with Gasteiger partial charge in [0, 0.05) is 12.4 Å². The van der Waals surface area contributed by atoms with E-state index < -0.39 is 0 Å². The van der Waals surface area contributed by atoms with E-state index in [1.165, 1.54) is 0 Å². The summed E-state index contributed by atoms with van der Waals surface area (Å²) in [5, 5.41) is 0. The summed E-state index contributed by atoms with van der Waals surface area (Å²) in [5.74, 6) is 0. The van der Waals surface area contributed by atoms with Crippen molar-refractivity contribution in [2.75, 3.05) is 0 Å². The van der Waals surface area contributed by atoms with Crippen LogP contribution >= 0.6 is 37.2 Å². The van der Waals surface area contributed by atoms with Crippen LogP contribution in [0, 0.1) is 0 Å². The number of H-pyrrole nitrogens is 1. The Bertz CT molecular complexity index is 86.7. The SMILES string of the molecule is Br.[Cl][Cu][Cl].c1c[nH]cn1. The molecule has 0 saturated carbocycles. The Morgan fingerprint density at radius 1 is 1.44 bits per heavy atom. The molecule has 0 fully saturated rings. The van der Waals surface area contributed by atoms with E-state index in [-0.39, 0.29) is 17.0 Å². The molecule has 1 heterocycles. The van der Waals surface area contributed by atoms with Crippen LogP contribution in [-0.4, -0.2) is 9.97 Å². The minimum atomic E-state index is 0. The Balaban J connectivity index is 0. The minimum Gasteiger partial charge on any atom is -0.351 e. The average Bonchev–Trinajstić information content (AvgIpc) is 2.17. The van der Waals surface area contributed by atoms with E-state index in [4.69, 9.17) is 0 Å². The van der Waals surface area contributed by atoms with Gasteiger partial charge in [-0.3, -0.25) is 0 Å². The topological polar surface area (TPSA) is 28.7 Å². The van der Waals surface area contributed by atoms with Gasteiger partial charge < -0.3 is 4.98 Å². The average molecular weight is 283 g/mol. The van der Waals surface area contributed by atoms with E-state index in [9.17, 15) is 0 Å². The standard InChI is InChI=1S/C3H4N2.BrH.2ClH.Cu/c1-2-5-3-4-1;;;;/h1-3H,(H,4,5);3*1H;/q;;;;+2/p-2. The van der Waals surface area contributed by atoms with Gasteiger partial charge in [0.2, 0.25) is 0 Å². The summed E-state index contributed by atoms with van der Waals surface area (Å²) >= 11 is 0.757. The quantitative estimate of drug-likeness (QED) is 0.728. The normalized spacial score (nSPS) is 6.89. The van der Waals surface area contributed by atoms with E-state index in [1.807, 2.05) is 0 Å². The second-order valence-corrected chi connectivity index (χ2v) is 2.36. The zero-order valence-electron chi connectivity index (χ0n) is 4.14. The Labute approximate surface area is 78.7 Å². The van der Waals surface area contributed by atoms with Crippen LogP contribution in [0.4, 0.5) is 0 Å². The van der Waals surface area contributed by atoms with Crippen LogP contribution in [0.3, 0.4) is 0 Å². The molecule has 0 atom stereocenters. The number of halogens is 3. The first-order valence-corrected chi connectivity index (χ1v) is 4.25. The number of nitrogens with one attached hydrogen (secondary N) is 1.